The van der Waals surface area contributed by atoms with Gasteiger partial charge in [-0.2, -0.15) is 0 Å². The molecule has 0 bridgehead atoms. The molecule has 1 N–H and O–H groups in total. The highest BCUT2D eigenvalue weighted by Gasteiger charge is 2.56. The highest BCUT2D eigenvalue weighted by Crippen LogP contribution is 2.54. The summed E-state index contributed by atoms with van der Waals surface area (Å²) < 4.78 is 11.6. The van der Waals surface area contributed by atoms with Gasteiger partial charge in [0.15, 0.2) is 0 Å². The molecule has 6 rings (SSSR count). The fraction of sp³-hybridized carbons (Fsp3) is 0.219. The second-order valence-electron chi connectivity index (χ2n) is 10.3. The largest absolute Gasteiger partial charge is 0.497 e. The van der Waals surface area contributed by atoms with E-state index in [4.69, 9.17) is 21.1 Å². The molecule has 3 aromatic carbocycles. The molecule has 230 valence electrons. The summed E-state index contributed by atoms with van der Waals surface area (Å²) in [7, 11) is 1.54. The number of aromatic nitrogens is 1. The van der Waals surface area contributed by atoms with Crippen LogP contribution >= 0.6 is 34.7 Å². The number of thiazole rings is 1. The number of imide groups is 1. The van der Waals surface area contributed by atoms with Crippen LogP contribution in [0.1, 0.15) is 33.6 Å². The Morgan fingerprint density at radius 3 is 2.27 bits per heavy atom. The molecule has 1 saturated heterocycles. The minimum Gasteiger partial charge on any atom is -0.497 e. The number of ether oxygens (including phenoxy) is 2. The number of carbonyl (C=O) groups is 4. The number of methoxy groups -OCH3 is 1. The lowest BCUT2D eigenvalue weighted by atomic mass is 9.83. The van der Waals surface area contributed by atoms with Gasteiger partial charge in [0.25, 0.3) is 0 Å². The van der Waals surface area contributed by atoms with Crippen LogP contribution < -0.4 is 19.8 Å². The Balaban J connectivity index is 1.35. The van der Waals surface area contributed by atoms with Crippen LogP contribution in [0.5, 0.6) is 5.75 Å². The number of nitrogens with one attached hydrogen (secondary N) is 1. The normalized spacial score (nSPS) is 18.7. The summed E-state index contributed by atoms with van der Waals surface area (Å²) in [5.74, 6) is -2.62. The Labute approximate surface area is 270 Å². The number of esters is 1. The van der Waals surface area contributed by atoms with Gasteiger partial charge in [-0.25, -0.2) is 9.69 Å². The van der Waals surface area contributed by atoms with E-state index < -0.39 is 40.8 Å². The van der Waals surface area contributed by atoms with Crippen LogP contribution in [0.3, 0.4) is 0 Å². The molecule has 1 fully saturated rings. The van der Waals surface area contributed by atoms with Gasteiger partial charge < -0.3 is 14.8 Å². The highest BCUT2D eigenvalue weighted by atomic mass is 35.5. The van der Waals surface area contributed by atoms with Crippen LogP contribution in [0.4, 0.5) is 11.4 Å². The molecule has 0 radical (unpaired) electrons. The number of halogens is 1. The zero-order valence-corrected chi connectivity index (χ0v) is 26.4. The summed E-state index contributed by atoms with van der Waals surface area (Å²) in [6, 6.07) is 19.8. The third-order valence-corrected chi connectivity index (χ3v) is 10.4. The molecule has 13 heteroatoms. The fourth-order valence-corrected chi connectivity index (χ4v) is 8.42. The molecular weight excluding hydrogens is 638 g/mol. The van der Waals surface area contributed by atoms with Crippen molar-refractivity contribution in [2.45, 2.75) is 29.7 Å². The molecule has 2 aliphatic rings. The van der Waals surface area contributed by atoms with E-state index >= 15 is 0 Å². The van der Waals surface area contributed by atoms with E-state index in [-0.39, 0.29) is 18.0 Å². The van der Waals surface area contributed by atoms with Crippen LogP contribution in [0.2, 0.25) is 5.02 Å². The van der Waals surface area contributed by atoms with Gasteiger partial charge >= 0.3 is 10.8 Å². The quantitative estimate of drug-likeness (QED) is 0.202. The predicted molar refractivity (Wildman–Crippen MR) is 172 cm³/mol. The Hall–Kier alpha value is -4.39. The Morgan fingerprint density at radius 1 is 0.933 bits per heavy atom. The van der Waals surface area contributed by atoms with E-state index in [9.17, 15) is 24.0 Å². The topological polar surface area (TPSA) is 124 Å². The molecule has 1 aromatic heterocycles. The van der Waals surface area contributed by atoms with E-state index in [0.29, 0.717) is 43.2 Å². The SMILES string of the molecule is CCOC(=O)c1ccc(N2C(=O)[C@H]3[C@H](c4ccc(Cl)cc4)c4sc(=O)n(CC(=O)Nc5ccc(OC)cc5)c4S[C@H]3C2=O)cc1. The van der Waals surface area contributed by atoms with Crippen molar-refractivity contribution in [1.29, 1.82) is 0 Å². The van der Waals surface area contributed by atoms with Gasteiger partial charge in [0.05, 0.1) is 35.9 Å². The number of rotatable bonds is 8. The molecule has 0 spiro atoms. The second-order valence-corrected chi connectivity index (χ2v) is 12.8. The number of hydrogen-bond acceptors (Lipinski definition) is 9. The van der Waals surface area contributed by atoms with Crippen molar-refractivity contribution in [3.63, 3.8) is 0 Å². The Kier molecular flexibility index (Phi) is 8.54. The van der Waals surface area contributed by atoms with Crippen LogP contribution in [0.15, 0.2) is 82.6 Å². The number of amides is 3. The average Bonchev–Trinajstić information content (AvgIpc) is 3.48. The molecule has 0 aliphatic carbocycles. The number of hydrogen-bond donors (Lipinski definition) is 1. The van der Waals surface area contributed by atoms with Gasteiger partial charge in [-0.15, -0.1) is 0 Å². The molecule has 4 aromatic rings. The lowest BCUT2D eigenvalue weighted by Gasteiger charge is -2.30. The Bertz CT molecular complexity index is 1850. The van der Waals surface area contributed by atoms with Crippen molar-refractivity contribution in [3.05, 3.63) is 103 Å². The summed E-state index contributed by atoms with van der Waals surface area (Å²) in [5, 5.41) is 2.90. The van der Waals surface area contributed by atoms with Gasteiger partial charge in [0, 0.05) is 21.5 Å². The van der Waals surface area contributed by atoms with Crippen molar-refractivity contribution >= 4 is 69.8 Å². The molecule has 3 heterocycles. The van der Waals surface area contributed by atoms with Gasteiger partial charge in [-0.3, -0.25) is 23.7 Å². The van der Waals surface area contributed by atoms with Gasteiger partial charge in [0.2, 0.25) is 17.7 Å². The van der Waals surface area contributed by atoms with Crippen molar-refractivity contribution in [2.75, 3.05) is 23.9 Å². The van der Waals surface area contributed by atoms with E-state index in [0.717, 1.165) is 28.0 Å². The van der Waals surface area contributed by atoms with E-state index in [1.54, 1.807) is 62.6 Å². The molecule has 3 amide bonds. The molecular formula is C32H26ClN3O7S2. The molecule has 10 nitrogen and oxygen atoms in total. The van der Waals surface area contributed by atoms with Crippen LogP contribution in [-0.4, -0.2) is 47.2 Å². The highest BCUT2D eigenvalue weighted by molar-refractivity contribution is 8.00. The van der Waals surface area contributed by atoms with E-state index in [2.05, 4.69) is 5.32 Å². The van der Waals surface area contributed by atoms with Crippen molar-refractivity contribution in [2.24, 2.45) is 5.92 Å². The van der Waals surface area contributed by atoms with E-state index in [1.165, 1.54) is 28.8 Å². The zero-order valence-electron chi connectivity index (χ0n) is 24.0. The fourth-order valence-electron chi connectivity index (χ4n) is 5.52. The number of carbonyl (C=O) groups excluding carboxylic acids is 4. The van der Waals surface area contributed by atoms with Gasteiger partial charge in [0.1, 0.15) is 17.5 Å². The van der Waals surface area contributed by atoms with E-state index in [1.807, 2.05) is 0 Å². The maximum absolute atomic E-state index is 14.1. The summed E-state index contributed by atoms with van der Waals surface area (Å²) in [6.45, 7) is 1.64. The van der Waals surface area contributed by atoms with Crippen molar-refractivity contribution < 1.29 is 28.7 Å². The molecule has 3 atom stereocenters. The zero-order chi connectivity index (χ0) is 31.8. The third-order valence-electron chi connectivity index (χ3n) is 7.59. The summed E-state index contributed by atoms with van der Waals surface area (Å²) in [5.41, 5.74) is 1.87. The van der Waals surface area contributed by atoms with Crippen LogP contribution in [-0.2, 0) is 25.7 Å². The maximum Gasteiger partial charge on any atom is 0.338 e. The smallest absolute Gasteiger partial charge is 0.338 e. The van der Waals surface area contributed by atoms with Crippen molar-refractivity contribution in [1.82, 2.24) is 4.57 Å². The number of benzene rings is 3. The number of thioether (sulfide) groups is 1. The standard InChI is InChI=1S/C32H26ClN3O7S2/c1-3-43-31(40)18-6-12-21(13-7-18)36-28(38)25-24(17-4-8-19(33)9-5-17)27-30(44-26(25)29(36)39)35(32(41)45-27)16-23(37)34-20-10-14-22(42-2)15-11-20/h4-15,24-26H,3,16H2,1-2H3,(H,34,37)/t24-,25-,26+/m0/s1. The first-order chi connectivity index (χ1) is 21.7. The second kappa shape index (κ2) is 12.5. The minimum absolute atomic E-state index is 0.217. The van der Waals surface area contributed by atoms with Gasteiger partial charge in [-0.1, -0.05) is 46.8 Å². The molecule has 45 heavy (non-hydrogen) atoms. The lowest BCUT2D eigenvalue weighted by Crippen LogP contribution is -2.33. The number of anilines is 2. The Morgan fingerprint density at radius 2 is 1.62 bits per heavy atom. The number of nitrogens with zero attached hydrogens (tertiary/aromatic N) is 2. The lowest BCUT2D eigenvalue weighted by molar-refractivity contribution is -0.122. The summed E-state index contributed by atoms with van der Waals surface area (Å²) >= 11 is 8.25. The monoisotopic (exact) mass is 663 g/mol. The third kappa shape index (κ3) is 5.76. The maximum atomic E-state index is 14.1. The minimum atomic E-state index is -0.861. The first-order valence-corrected chi connectivity index (χ1v) is 16.0. The van der Waals surface area contributed by atoms with Crippen molar-refractivity contribution in [3.8, 4) is 5.75 Å². The molecule has 0 unspecified atom stereocenters. The first-order valence-electron chi connectivity index (χ1n) is 13.9. The average molecular weight is 664 g/mol. The van der Waals surface area contributed by atoms with Crippen LogP contribution in [0, 0.1) is 5.92 Å². The summed E-state index contributed by atoms with van der Waals surface area (Å²) in [6.07, 6.45) is 0. The van der Waals surface area contributed by atoms with Gasteiger partial charge in [-0.05, 0) is 73.2 Å². The molecule has 2 aliphatic heterocycles. The predicted octanol–water partition coefficient (Wildman–Crippen LogP) is 5.18. The molecule has 0 saturated carbocycles. The summed E-state index contributed by atoms with van der Waals surface area (Å²) in [4.78, 5) is 68.0. The first kappa shape index (κ1) is 30.6. The van der Waals surface area contributed by atoms with Crippen LogP contribution in [0.25, 0.3) is 0 Å². The number of fused-ring (bicyclic) bond motifs is 2.